The van der Waals surface area contributed by atoms with Crippen LogP contribution in [-0.4, -0.2) is 17.3 Å². The highest BCUT2D eigenvalue weighted by atomic mass is 16.5. The fraction of sp³-hybridized carbons (Fsp3) is 0.948. The van der Waals surface area contributed by atoms with Gasteiger partial charge in [-0.2, -0.15) is 0 Å². The van der Waals surface area contributed by atoms with Gasteiger partial charge in [-0.3, -0.25) is 0 Å². The fourth-order valence-electron chi connectivity index (χ4n) is 9.96. The van der Waals surface area contributed by atoms with Gasteiger partial charge in [0.25, 0.3) is 0 Å². The Labute approximate surface area is 385 Å². The largest absolute Gasteiger partial charge is 0.374 e. The summed E-state index contributed by atoms with van der Waals surface area (Å²) in [6.07, 6.45) is 68.9. The number of ether oxygens (including phenoxy) is 1. The van der Waals surface area contributed by atoms with Crippen LogP contribution in [0.1, 0.15) is 311 Å². The Hall–Kier alpha value is -0.830. The van der Waals surface area contributed by atoms with Crippen molar-refractivity contribution >= 4 is 0 Å². The maximum Gasteiger partial charge on any atom is 0.243 e. The van der Waals surface area contributed by atoms with Crippen molar-refractivity contribution in [1.29, 1.82) is 0 Å². The molecule has 0 saturated heterocycles. The van der Waals surface area contributed by atoms with Crippen molar-refractivity contribution < 1.29 is 9.30 Å². The van der Waals surface area contributed by atoms with E-state index in [4.69, 9.17) is 4.74 Å². The van der Waals surface area contributed by atoms with Gasteiger partial charge in [0.15, 0.2) is 0 Å². The summed E-state index contributed by atoms with van der Waals surface area (Å²) in [7, 11) is 2.11. The van der Waals surface area contributed by atoms with E-state index in [-0.39, 0.29) is 0 Å². The zero-order valence-electron chi connectivity index (χ0n) is 43.2. The van der Waals surface area contributed by atoms with Gasteiger partial charge >= 0.3 is 0 Å². The Balaban J connectivity index is 2.39. The summed E-state index contributed by atoms with van der Waals surface area (Å²) in [4.78, 5) is 0. The van der Waals surface area contributed by atoms with Crippen LogP contribution in [0.4, 0.5) is 0 Å². The first-order chi connectivity index (χ1) is 29.9. The molecule has 0 aliphatic heterocycles. The molecule has 0 amide bonds. The normalized spacial score (nSPS) is 13.0. The number of aromatic nitrogens is 2. The molecule has 0 aliphatic rings. The molecule has 2 unspecified atom stereocenters. The summed E-state index contributed by atoms with van der Waals surface area (Å²) >= 11 is 0. The van der Waals surface area contributed by atoms with Crippen LogP contribution in [0.5, 0.6) is 0 Å². The van der Waals surface area contributed by atoms with Gasteiger partial charge < -0.3 is 4.74 Å². The van der Waals surface area contributed by atoms with Gasteiger partial charge in [-0.15, -0.1) is 0 Å². The molecule has 61 heavy (non-hydrogen) atoms. The minimum atomic E-state index is 0.427. The third-order valence-electron chi connectivity index (χ3n) is 14.3. The number of rotatable bonds is 50. The lowest BCUT2D eigenvalue weighted by Crippen LogP contribution is -2.24. The second-order valence-corrected chi connectivity index (χ2v) is 21.2. The molecule has 0 aromatic carbocycles. The SMILES string of the molecule is CCCCCCCCCCCCCCCCCCC(CCCCCCCCCCCCCCCCCC)CCCCC(CCC(C)CCCC(C)C)OCCn1cc[n+](C)c1. The van der Waals surface area contributed by atoms with E-state index in [1.165, 1.54) is 276 Å². The molecule has 0 fully saturated rings. The number of imidazole rings is 1. The smallest absolute Gasteiger partial charge is 0.243 e. The van der Waals surface area contributed by atoms with Gasteiger partial charge in [0.05, 0.1) is 19.8 Å². The van der Waals surface area contributed by atoms with Crippen LogP contribution in [0.3, 0.4) is 0 Å². The van der Waals surface area contributed by atoms with Gasteiger partial charge in [-0.05, 0) is 37.0 Å². The van der Waals surface area contributed by atoms with Gasteiger partial charge in [0.2, 0.25) is 6.33 Å². The molecule has 0 spiro atoms. The molecule has 1 heterocycles. The summed E-state index contributed by atoms with van der Waals surface area (Å²) in [5.41, 5.74) is 0. The fourth-order valence-corrected chi connectivity index (χ4v) is 9.96. The van der Waals surface area contributed by atoms with Gasteiger partial charge in [0, 0.05) is 0 Å². The van der Waals surface area contributed by atoms with Crippen molar-refractivity contribution in [2.24, 2.45) is 24.8 Å². The summed E-state index contributed by atoms with van der Waals surface area (Å²) in [6.45, 7) is 13.7. The Morgan fingerprint density at radius 1 is 0.410 bits per heavy atom. The minimum Gasteiger partial charge on any atom is -0.374 e. The molecule has 362 valence electrons. The Kier molecular flexibility index (Phi) is 43.6. The lowest BCUT2D eigenvalue weighted by molar-refractivity contribution is -0.671. The lowest BCUT2D eigenvalue weighted by atomic mass is 9.89. The monoisotopic (exact) mass is 856 g/mol. The van der Waals surface area contributed by atoms with Crippen molar-refractivity contribution in [1.82, 2.24) is 4.57 Å². The van der Waals surface area contributed by atoms with Crippen LogP contribution in [0.2, 0.25) is 0 Å². The molecule has 0 bridgehead atoms. The van der Waals surface area contributed by atoms with Crippen LogP contribution < -0.4 is 4.57 Å². The first kappa shape index (κ1) is 58.2. The first-order valence-electron chi connectivity index (χ1n) is 28.6. The van der Waals surface area contributed by atoms with E-state index in [0.29, 0.717) is 6.10 Å². The molecule has 0 N–H and O–H groups in total. The van der Waals surface area contributed by atoms with Gasteiger partial charge in [-0.25, -0.2) is 9.13 Å². The van der Waals surface area contributed by atoms with Crippen molar-refractivity contribution in [2.45, 2.75) is 323 Å². The molecule has 0 aliphatic carbocycles. The van der Waals surface area contributed by atoms with Crippen LogP contribution in [0, 0.1) is 17.8 Å². The molecule has 1 aromatic heterocycles. The topological polar surface area (TPSA) is 18.0 Å². The maximum atomic E-state index is 6.65. The average Bonchev–Trinajstić information content (AvgIpc) is 3.67. The summed E-state index contributed by atoms with van der Waals surface area (Å²) in [6, 6.07) is 0. The van der Waals surface area contributed by atoms with E-state index in [1.807, 2.05) is 0 Å². The predicted molar refractivity (Wildman–Crippen MR) is 273 cm³/mol. The molecule has 1 rings (SSSR count). The number of nitrogens with zero attached hydrogens (tertiary/aromatic N) is 2. The third-order valence-corrected chi connectivity index (χ3v) is 14.3. The molecule has 0 saturated carbocycles. The highest BCUT2D eigenvalue weighted by Crippen LogP contribution is 2.27. The van der Waals surface area contributed by atoms with Crippen LogP contribution in [0.15, 0.2) is 18.7 Å². The van der Waals surface area contributed by atoms with Crippen LogP contribution >= 0.6 is 0 Å². The Bertz CT molecular complexity index is 935. The van der Waals surface area contributed by atoms with E-state index < -0.39 is 0 Å². The molecule has 3 nitrogen and oxygen atoms in total. The van der Waals surface area contributed by atoms with E-state index in [9.17, 15) is 0 Å². The predicted octanol–water partition coefficient (Wildman–Crippen LogP) is 19.4. The summed E-state index contributed by atoms with van der Waals surface area (Å²) in [5.74, 6) is 2.60. The lowest BCUT2D eigenvalue weighted by Gasteiger charge is -2.21. The number of unbranched alkanes of at least 4 members (excludes halogenated alkanes) is 31. The molecule has 2 atom stereocenters. The zero-order chi connectivity index (χ0) is 44.1. The summed E-state index contributed by atoms with van der Waals surface area (Å²) < 4.78 is 11.1. The van der Waals surface area contributed by atoms with E-state index in [2.05, 4.69) is 69.5 Å². The van der Waals surface area contributed by atoms with E-state index in [0.717, 1.165) is 30.9 Å². The van der Waals surface area contributed by atoms with Crippen molar-refractivity contribution in [3.63, 3.8) is 0 Å². The Morgan fingerprint density at radius 2 is 0.787 bits per heavy atom. The Morgan fingerprint density at radius 3 is 1.16 bits per heavy atom. The second kappa shape index (κ2) is 45.7. The quantitative estimate of drug-likeness (QED) is 0.0472. The number of hydrogen-bond donors (Lipinski definition) is 0. The molecule has 3 heteroatoms. The van der Waals surface area contributed by atoms with Crippen molar-refractivity contribution in [3.05, 3.63) is 18.7 Å². The minimum absolute atomic E-state index is 0.427. The number of hydrogen-bond acceptors (Lipinski definition) is 1. The molecular formula is C58H115N2O+. The first-order valence-corrected chi connectivity index (χ1v) is 28.6. The molecular weight excluding hydrogens is 741 g/mol. The third kappa shape index (κ3) is 41.6. The maximum absolute atomic E-state index is 6.65. The molecule has 1 aromatic rings. The summed E-state index contributed by atoms with van der Waals surface area (Å²) in [5, 5.41) is 0. The zero-order valence-corrected chi connectivity index (χ0v) is 43.2. The van der Waals surface area contributed by atoms with Crippen LogP contribution in [-0.2, 0) is 18.3 Å². The van der Waals surface area contributed by atoms with E-state index in [1.54, 1.807) is 0 Å². The van der Waals surface area contributed by atoms with Crippen LogP contribution in [0.25, 0.3) is 0 Å². The molecule has 0 radical (unpaired) electrons. The standard InChI is InChI=1S/C58H115N2O/c1-7-9-11-13-15-17-19-21-23-25-27-29-31-33-35-37-44-57(45-38-36-34-32-30-28-26-24-22-20-18-16-14-12-10-8-2)46-39-40-47-58(49-48-56(5)43-41-42-55(3)4)61-53-52-60-51-50-59(6)54-60/h50-51,54-58H,7-49,52-53H2,1-6H3/q+1. The average molecular weight is 857 g/mol. The van der Waals surface area contributed by atoms with Crippen molar-refractivity contribution in [3.8, 4) is 0 Å². The van der Waals surface area contributed by atoms with Gasteiger partial charge in [-0.1, -0.05) is 291 Å². The van der Waals surface area contributed by atoms with Crippen molar-refractivity contribution in [2.75, 3.05) is 6.61 Å². The highest BCUT2D eigenvalue weighted by molar-refractivity contribution is 4.69. The number of aryl methyl sites for hydroxylation is 1. The van der Waals surface area contributed by atoms with Gasteiger partial charge in [0.1, 0.15) is 18.9 Å². The highest BCUT2D eigenvalue weighted by Gasteiger charge is 2.15. The van der Waals surface area contributed by atoms with E-state index >= 15 is 0 Å². The second-order valence-electron chi connectivity index (χ2n) is 21.2.